The van der Waals surface area contributed by atoms with Crippen LogP contribution in [0.1, 0.15) is 38.5 Å². The van der Waals surface area contributed by atoms with Crippen LogP contribution >= 0.6 is 0 Å². The van der Waals surface area contributed by atoms with Crippen LogP contribution in [0.2, 0.25) is 0 Å². The Bertz CT molecular complexity index is 387. The van der Waals surface area contributed by atoms with Gasteiger partial charge in [0.2, 0.25) is 5.91 Å². The molecule has 1 atom stereocenters. The Kier molecular flexibility index (Phi) is 6.76. The Morgan fingerprint density at radius 1 is 1.38 bits per heavy atom. The number of amides is 1. The molecule has 2 rings (SSSR count). The van der Waals surface area contributed by atoms with Crippen LogP contribution in [0, 0.1) is 0 Å². The molecule has 0 aromatic rings. The number of nitrogens with two attached hydrogens (primary N) is 1. The molecule has 1 heterocycles. The van der Waals surface area contributed by atoms with Gasteiger partial charge < -0.3 is 20.5 Å². The van der Waals surface area contributed by atoms with Gasteiger partial charge in [0.1, 0.15) is 11.9 Å². The van der Waals surface area contributed by atoms with Crippen LogP contribution in [0.15, 0.2) is 24.0 Å². The maximum Gasteiger partial charge on any atom is 0.220 e. The summed E-state index contributed by atoms with van der Waals surface area (Å²) < 4.78 is 11.2. The molecule has 1 aliphatic heterocycles. The molecular formula is C16H26N2O3. The van der Waals surface area contributed by atoms with Crippen LogP contribution in [0.25, 0.3) is 0 Å². The summed E-state index contributed by atoms with van der Waals surface area (Å²) in [6.07, 6.45) is 11.3. The van der Waals surface area contributed by atoms with Gasteiger partial charge in [-0.15, -0.1) is 0 Å². The highest BCUT2D eigenvalue weighted by Crippen LogP contribution is 2.19. The maximum atomic E-state index is 11.7. The van der Waals surface area contributed by atoms with Crippen molar-refractivity contribution in [3.63, 3.8) is 0 Å². The van der Waals surface area contributed by atoms with Crippen molar-refractivity contribution in [1.29, 1.82) is 0 Å². The number of hydrogen-bond acceptors (Lipinski definition) is 4. The quantitative estimate of drug-likeness (QED) is 0.700. The molecule has 5 nitrogen and oxygen atoms in total. The first-order valence-electron chi connectivity index (χ1n) is 7.90. The molecule has 21 heavy (non-hydrogen) atoms. The molecule has 0 bridgehead atoms. The maximum absolute atomic E-state index is 11.7. The van der Waals surface area contributed by atoms with Crippen LogP contribution in [-0.4, -0.2) is 37.8 Å². The monoisotopic (exact) mass is 294 g/mol. The fourth-order valence-electron chi connectivity index (χ4n) is 2.49. The number of carbonyl (C=O) groups is 1. The highest BCUT2D eigenvalue weighted by atomic mass is 16.5. The van der Waals surface area contributed by atoms with E-state index in [0.717, 1.165) is 51.1 Å². The Labute approximate surface area is 126 Å². The first kappa shape index (κ1) is 16.0. The molecular weight excluding hydrogens is 268 g/mol. The lowest BCUT2D eigenvalue weighted by Crippen LogP contribution is -2.34. The second-order valence-electron chi connectivity index (χ2n) is 5.55. The van der Waals surface area contributed by atoms with Crippen molar-refractivity contribution in [2.24, 2.45) is 5.73 Å². The van der Waals surface area contributed by atoms with Crippen LogP contribution < -0.4 is 11.1 Å². The Balaban J connectivity index is 1.67. The number of carbonyl (C=O) groups excluding carboxylic acids is 1. The van der Waals surface area contributed by atoms with Gasteiger partial charge in [0.05, 0.1) is 19.3 Å². The zero-order chi connectivity index (χ0) is 14.9. The Hall–Kier alpha value is -1.33. The normalized spacial score (nSPS) is 22.7. The van der Waals surface area contributed by atoms with E-state index in [0.29, 0.717) is 13.0 Å². The molecule has 1 fully saturated rings. The van der Waals surface area contributed by atoms with Crippen LogP contribution in [0.5, 0.6) is 0 Å². The average molecular weight is 294 g/mol. The van der Waals surface area contributed by atoms with Crippen molar-refractivity contribution in [1.82, 2.24) is 5.32 Å². The summed E-state index contributed by atoms with van der Waals surface area (Å²) in [6, 6.07) is 0.0809. The van der Waals surface area contributed by atoms with Crippen molar-refractivity contribution in [3.8, 4) is 0 Å². The fourth-order valence-corrected chi connectivity index (χ4v) is 2.49. The molecule has 0 saturated carbocycles. The van der Waals surface area contributed by atoms with Crippen molar-refractivity contribution >= 4 is 5.91 Å². The van der Waals surface area contributed by atoms with Gasteiger partial charge in [0.25, 0.3) is 0 Å². The van der Waals surface area contributed by atoms with E-state index < -0.39 is 0 Å². The van der Waals surface area contributed by atoms with Gasteiger partial charge >= 0.3 is 0 Å². The molecule has 2 aliphatic rings. The van der Waals surface area contributed by atoms with E-state index in [1.54, 1.807) is 0 Å². The van der Waals surface area contributed by atoms with Gasteiger partial charge in [0, 0.05) is 19.3 Å². The van der Waals surface area contributed by atoms with Gasteiger partial charge in [-0.3, -0.25) is 4.79 Å². The molecule has 0 aromatic heterocycles. The number of ether oxygens (including phenoxy) is 2. The number of rotatable bonds is 7. The smallest absolute Gasteiger partial charge is 0.220 e. The number of nitrogens with one attached hydrogen (secondary N) is 1. The van der Waals surface area contributed by atoms with Crippen molar-refractivity contribution in [3.05, 3.63) is 24.0 Å². The van der Waals surface area contributed by atoms with Crippen molar-refractivity contribution in [2.45, 2.75) is 50.7 Å². The molecule has 1 aliphatic carbocycles. The molecule has 0 radical (unpaired) electrons. The van der Waals surface area contributed by atoms with E-state index in [2.05, 4.69) is 11.4 Å². The molecule has 1 amide bonds. The summed E-state index contributed by atoms with van der Waals surface area (Å²) in [5, 5.41) is 3.02. The SMILES string of the molecule is NCCCCC(=O)NC1C=CC(OC2CCOCC2)=CC1. The van der Waals surface area contributed by atoms with Gasteiger partial charge in [-0.25, -0.2) is 0 Å². The summed E-state index contributed by atoms with van der Waals surface area (Å²) in [6.45, 7) is 2.21. The second-order valence-corrected chi connectivity index (χ2v) is 5.55. The summed E-state index contributed by atoms with van der Waals surface area (Å²) >= 11 is 0. The van der Waals surface area contributed by atoms with Gasteiger partial charge in [-0.1, -0.05) is 6.08 Å². The van der Waals surface area contributed by atoms with E-state index in [1.165, 1.54) is 0 Å². The van der Waals surface area contributed by atoms with Gasteiger partial charge in [-0.2, -0.15) is 0 Å². The van der Waals surface area contributed by atoms with Crippen LogP contribution in [0.4, 0.5) is 0 Å². The Morgan fingerprint density at radius 2 is 2.19 bits per heavy atom. The summed E-state index contributed by atoms with van der Waals surface area (Å²) in [5.74, 6) is 1.01. The lowest BCUT2D eigenvalue weighted by molar-refractivity contribution is -0.121. The summed E-state index contributed by atoms with van der Waals surface area (Å²) in [5.41, 5.74) is 5.42. The van der Waals surface area contributed by atoms with Gasteiger partial charge in [0.15, 0.2) is 0 Å². The predicted octanol–water partition coefficient (Wildman–Crippen LogP) is 1.64. The fraction of sp³-hybridized carbons (Fsp3) is 0.688. The lowest BCUT2D eigenvalue weighted by Gasteiger charge is -2.25. The minimum Gasteiger partial charge on any atom is -0.491 e. The molecule has 118 valence electrons. The number of hydrogen-bond donors (Lipinski definition) is 2. The van der Waals surface area contributed by atoms with E-state index >= 15 is 0 Å². The number of unbranched alkanes of at least 4 members (excludes halogenated alkanes) is 1. The second kappa shape index (κ2) is 8.85. The van der Waals surface area contributed by atoms with E-state index in [-0.39, 0.29) is 18.1 Å². The first-order valence-corrected chi connectivity index (χ1v) is 7.90. The first-order chi connectivity index (χ1) is 10.3. The Morgan fingerprint density at radius 3 is 2.86 bits per heavy atom. The summed E-state index contributed by atoms with van der Waals surface area (Å²) in [4.78, 5) is 11.7. The van der Waals surface area contributed by atoms with Crippen molar-refractivity contribution < 1.29 is 14.3 Å². The third kappa shape index (κ3) is 5.89. The molecule has 5 heteroatoms. The zero-order valence-corrected chi connectivity index (χ0v) is 12.6. The van der Waals surface area contributed by atoms with E-state index in [9.17, 15) is 4.79 Å². The topological polar surface area (TPSA) is 73.6 Å². The molecule has 3 N–H and O–H groups in total. The standard InChI is InChI=1S/C16H26N2O3/c17-10-2-1-3-16(19)18-13-4-6-14(7-5-13)21-15-8-11-20-12-9-15/h4,6-7,13,15H,1-3,5,8-12,17H2,(H,18,19). The van der Waals surface area contributed by atoms with E-state index in [4.69, 9.17) is 15.2 Å². The van der Waals surface area contributed by atoms with Gasteiger partial charge in [-0.05, 0) is 38.0 Å². The molecule has 0 spiro atoms. The van der Waals surface area contributed by atoms with E-state index in [1.807, 2.05) is 12.2 Å². The van der Waals surface area contributed by atoms with Crippen LogP contribution in [0.3, 0.4) is 0 Å². The molecule has 1 saturated heterocycles. The minimum atomic E-state index is 0.0809. The highest BCUT2D eigenvalue weighted by Gasteiger charge is 2.17. The third-order valence-electron chi connectivity index (χ3n) is 3.74. The minimum absolute atomic E-state index is 0.0809. The zero-order valence-electron chi connectivity index (χ0n) is 12.6. The molecule has 1 unspecified atom stereocenters. The largest absolute Gasteiger partial charge is 0.491 e. The van der Waals surface area contributed by atoms with Crippen LogP contribution in [-0.2, 0) is 14.3 Å². The number of allylic oxidation sites excluding steroid dienone is 1. The lowest BCUT2D eigenvalue weighted by atomic mass is 10.1. The summed E-state index contributed by atoms with van der Waals surface area (Å²) in [7, 11) is 0. The third-order valence-corrected chi connectivity index (χ3v) is 3.74. The highest BCUT2D eigenvalue weighted by molar-refractivity contribution is 5.76. The predicted molar refractivity (Wildman–Crippen MR) is 81.6 cm³/mol. The molecule has 0 aromatic carbocycles. The van der Waals surface area contributed by atoms with Crippen molar-refractivity contribution in [2.75, 3.05) is 19.8 Å². The average Bonchev–Trinajstić information content (AvgIpc) is 2.51.